The zero-order valence-electron chi connectivity index (χ0n) is 10.6. The molecule has 0 amide bonds. The molecule has 0 aliphatic carbocycles. The van der Waals surface area contributed by atoms with Crippen LogP contribution in [0.5, 0.6) is 5.75 Å². The topological polar surface area (TPSA) is 35.3 Å². The molecule has 0 saturated heterocycles. The molecule has 21 heavy (non-hydrogen) atoms. The summed E-state index contributed by atoms with van der Waals surface area (Å²) < 4.78 is 63.4. The van der Waals surface area contributed by atoms with E-state index in [4.69, 9.17) is 9.15 Å². The minimum absolute atomic E-state index is 0.157. The van der Waals surface area contributed by atoms with Gasteiger partial charge in [-0.1, -0.05) is 0 Å². The predicted octanol–water partition coefficient (Wildman–Crippen LogP) is 4.06. The van der Waals surface area contributed by atoms with Gasteiger partial charge in [0.2, 0.25) is 17.5 Å². The van der Waals surface area contributed by atoms with Crippen molar-refractivity contribution in [3.8, 4) is 17.2 Å². The van der Waals surface area contributed by atoms with E-state index >= 15 is 0 Å². The van der Waals surface area contributed by atoms with Crippen LogP contribution < -0.4 is 4.74 Å². The van der Waals surface area contributed by atoms with Crippen molar-refractivity contribution >= 4 is 11.1 Å². The highest BCUT2D eigenvalue weighted by atomic mass is 19.2. The summed E-state index contributed by atoms with van der Waals surface area (Å²) in [7, 11) is 1.48. The van der Waals surface area contributed by atoms with E-state index < -0.39 is 34.4 Å². The van der Waals surface area contributed by atoms with Crippen molar-refractivity contribution in [3.05, 3.63) is 47.5 Å². The highest BCUT2D eigenvalue weighted by Gasteiger charge is 2.25. The number of hydrogen-bond donors (Lipinski definition) is 0. The number of methoxy groups -OCH3 is 1. The number of fused-ring (bicyclic) bond motifs is 1. The minimum Gasteiger partial charge on any atom is -0.497 e. The summed E-state index contributed by atoms with van der Waals surface area (Å²) in [5.74, 6) is -6.66. The SMILES string of the molecule is COc1ccc(-c2nc3c(F)c(F)c(F)c(F)c3o2)cc1. The molecule has 0 unspecified atom stereocenters. The maximum Gasteiger partial charge on any atom is 0.227 e. The summed E-state index contributed by atoms with van der Waals surface area (Å²) >= 11 is 0. The largest absolute Gasteiger partial charge is 0.497 e. The second-order valence-corrected chi connectivity index (χ2v) is 4.18. The van der Waals surface area contributed by atoms with Gasteiger partial charge in [-0.15, -0.1) is 0 Å². The van der Waals surface area contributed by atoms with Crippen LogP contribution in [-0.4, -0.2) is 12.1 Å². The molecule has 108 valence electrons. The molecule has 0 aliphatic heterocycles. The molecule has 0 saturated carbocycles. The molecule has 0 fully saturated rings. The van der Waals surface area contributed by atoms with E-state index in [9.17, 15) is 17.6 Å². The van der Waals surface area contributed by atoms with Crippen LogP contribution in [0.4, 0.5) is 17.6 Å². The number of nitrogens with zero attached hydrogens (tertiary/aromatic N) is 1. The maximum absolute atomic E-state index is 13.6. The van der Waals surface area contributed by atoms with Crippen molar-refractivity contribution in [2.75, 3.05) is 7.11 Å². The number of ether oxygens (including phenoxy) is 1. The second kappa shape index (κ2) is 4.76. The maximum atomic E-state index is 13.6. The fourth-order valence-corrected chi connectivity index (χ4v) is 1.87. The van der Waals surface area contributed by atoms with Gasteiger partial charge in [-0.25, -0.2) is 18.2 Å². The molecule has 0 N–H and O–H groups in total. The summed E-state index contributed by atoms with van der Waals surface area (Å²) in [5, 5.41) is 0. The van der Waals surface area contributed by atoms with Crippen LogP contribution in [0.15, 0.2) is 28.7 Å². The van der Waals surface area contributed by atoms with E-state index in [-0.39, 0.29) is 5.89 Å². The molecule has 1 heterocycles. The first-order valence-electron chi connectivity index (χ1n) is 5.80. The van der Waals surface area contributed by atoms with Crippen LogP contribution in [0.2, 0.25) is 0 Å². The number of rotatable bonds is 2. The molecule has 0 aliphatic rings. The van der Waals surface area contributed by atoms with Gasteiger partial charge in [0.05, 0.1) is 7.11 Å². The van der Waals surface area contributed by atoms with Crippen molar-refractivity contribution in [2.24, 2.45) is 0 Å². The van der Waals surface area contributed by atoms with E-state index in [0.29, 0.717) is 11.3 Å². The predicted molar refractivity (Wildman–Crippen MR) is 65.8 cm³/mol. The van der Waals surface area contributed by atoms with Gasteiger partial charge in [0.1, 0.15) is 5.75 Å². The third kappa shape index (κ3) is 2.01. The highest BCUT2D eigenvalue weighted by Crippen LogP contribution is 2.31. The molecule has 2 aromatic carbocycles. The van der Waals surface area contributed by atoms with Gasteiger partial charge in [0.15, 0.2) is 22.7 Å². The van der Waals surface area contributed by atoms with E-state index in [0.717, 1.165) is 0 Å². The van der Waals surface area contributed by atoms with Gasteiger partial charge in [0.25, 0.3) is 0 Å². The van der Waals surface area contributed by atoms with Crippen molar-refractivity contribution in [2.45, 2.75) is 0 Å². The highest BCUT2D eigenvalue weighted by molar-refractivity contribution is 5.77. The first-order valence-corrected chi connectivity index (χ1v) is 5.80. The number of hydrogen-bond acceptors (Lipinski definition) is 3. The molecule has 0 radical (unpaired) electrons. The Kier molecular flexibility index (Phi) is 3.04. The van der Waals surface area contributed by atoms with Crippen molar-refractivity contribution in [3.63, 3.8) is 0 Å². The number of oxazole rings is 1. The van der Waals surface area contributed by atoms with Crippen LogP contribution in [0.3, 0.4) is 0 Å². The van der Waals surface area contributed by atoms with Crippen LogP contribution >= 0.6 is 0 Å². The lowest BCUT2D eigenvalue weighted by Crippen LogP contribution is -1.96. The quantitative estimate of drug-likeness (QED) is 0.406. The Morgan fingerprint density at radius 2 is 1.52 bits per heavy atom. The molecule has 3 rings (SSSR count). The van der Waals surface area contributed by atoms with E-state index in [1.165, 1.54) is 19.2 Å². The summed E-state index contributed by atoms with van der Waals surface area (Å²) in [6, 6.07) is 6.23. The molecule has 0 spiro atoms. The zero-order chi connectivity index (χ0) is 15.1. The van der Waals surface area contributed by atoms with Gasteiger partial charge in [-0.3, -0.25) is 0 Å². The normalized spacial score (nSPS) is 11.1. The molecule has 3 aromatic rings. The average molecular weight is 297 g/mol. The fraction of sp³-hybridized carbons (Fsp3) is 0.0714. The Labute approximate surface area is 115 Å². The van der Waals surface area contributed by atoms with Crippen molar-refractivity contribution in [1.29, 1.82) is 0 Å². The summed E-state index contributed by atoms with van der Waals surface area (Å²) in [4.78, 5) is 3.67. The standard InChI is InChI=1S/C14H7F4NO2/c1-20-7-4-2-6(3-5-7)14-19-12-10(17)8(15)9(16)11(18)13(12)21-14/h2-5H,1H3. The van der Waals surface area contributed by atoms with Crippen LogP contribution in [0, 0.1) is 23.3 Å². The molecule has 1 aromatic heterocycles. The van der Waals surface area contributed by atoms with Crippen LogP contribution in [0.1, 0.15) is 0 Å². The third-order valence-corrected chi connectivity index (χ3v) is 2.95. The number of aromatic nitrogens is 1. The first kappa shape index (κ1) is 13.4. The molecule has 7 heteroatoms. The van der Waals surface area contributed by atoms with Crippen LogP contribution in [0.25, 0.3) is 22.6 Å². The van der Waals surface area contributed by atoms with Gasteiger partial charge in [0, 0.05) is 5.56 Å². The lowest BCUT2D eigenvalue weighted by atomic mass is 10.2. The molecule has 0 atom stereocenters. The van der Waals surface area contributed by atoms with Gasteiger partial charge >= 0.3 is 0 Å². The van der Waals surface area contributed by atoms with Gasteiger partial charge in [-0.05, 0) is 24.3 Å². The average Bonchev–Trinajstić information content (AvgIpc) is 2.96. The summed E-state index contributed by atoms with van der Waals surface area (Å²) in [6.07, 6.45) is 0. The van der Waals surface area contributed by atoms with Gasteiger partial charge < -0.3 is 9.15 Å². The Hall–Kier alpha value is -2.57. The molecular weight excluding hydrogens is 290 g/mol. The first-order chi connectivity index (χ1) is 10.0. The molecule has 0 bridgehead atoms. The lowest BCUT2D eigenvalue weighted by molar-refractivity contribution is 0.410. The Morgan fingerprint density at radius 1 is 0.905 bits per heavy atom. The second-order valence-electron chi connectivity index (χ2n) is 4.18. The van der Waals surface area contributed by atoms with Crippen molar-refractivity contribution < 1.29 is 26.7 Å². The van der Waals surface area contributed by atoms with E-state index in [1.54, 1.807) is 12.1 Å². The minimum atomic E-state index is -1.93. The molecule has 3 nitrogen and oxygen atoms in total. The number of halogens is 4. The van der Waals surface area contributed by atoms with E-state index in [1.807, 2.05) is 0 Å². The van der Waals surface area contributed by atoms with Crippen LogP contribution in [-0.2, 0) is 0 Å². The lowest BCUT2D eigenvalue weighted by Gasteiger charge is -1.99. The Bertz CT molecular complexity index is 782. The monoisotopic (exact) mass is 297 g/mol. The van der Waals surface area contributed by atoms with E-state index in [2.05, 4.69) is 4.98 Å². The summed E-state index contributed by atoms with van der Waals surface area (Å²) in [6.45, 7) is 0. The Balaban J connectivity index is 2.21. The van der Waals surface area contributed by atoms with Gasteiger partial charge in [-0.2, -0.15) is 4.39 Å². The zero-order valence-corrected chi connectivity index (χ0v) is 10.6. The smallest absolute Gasteiger partial charge is 0.227 e. The Morgan fingerprint density at radius 3 is 2.14 bits per heavy atom. The fourth-order valence-electron chi connectivity index (χ4n) is 1.87. The molecular formula is C14H7F4NO2. The number of benzene rings is 2. The summed E-state index contributed by atoms with van der Waals surface area (Å²) in [5.41, 5.74) is -1.08. The third-order valence-electron chi connectivity index (χ3n) is 2.95. The van der Waals surface area contributed by atoms with Crippen molar-refractivity contribution in [1.82, 2.24) is 4.98 Å².